The molecule has 0 aliphatic carbocycles. The van der Waals surface area contributed by atoms with Gasteiger partial charge in [-0.3, -0.25) is 5.41 Å². The van der Waals surface area contributed by atoms with Crippen LogP contribution in [0.1, 0.15) is 5.56 Å². The molecule has 4 nitrogen and oxygen atoms in total. The van der Waals surface area contributed by atoms with Gasteiger partial charge in [0.2, 0.25) is 5.96 Å². The maximum atomic E-state index is 13.2. The van der Waals surface area contributed by atoms with E-state index in [9.17, 15) is 4.39 Å². The molecule has 0 atom stereocenters. The van der Waals surface area contributed by atoms with Crippen molar-refractivity contribution in [3.05, 3.63) is 32.5 Å². The van der Waals surface area contributed by atoms with Gasteiger partial charge < -0.3 is 5.73 Å². The Balaban J connectivity index is 3.06. The number of rotatable bonds is 2. The van der Waals surface area contributed by atoms with Crippen LogP contribution in [-0.2, 0) is 0 Å². The zero-order valence-electron chi connectivity index (χ0n) is 7.69. The van der Waals surface area contributed by atoms with Gasteiger partial charge in [0.05, 0.1) is 21.3 Å². The molecule has 8 heteroatoms. The van der Waals surface area contributed by atoms with Gasteiger partial charge in [-0.15, -0.1) is 0 Å². The topological polar surface area (TPSA) is 74.3 Å². The summed E-state index contributed by atoms with van der Waals surface area (Å²) in [5.41, 5.74) is 7.47. The Bertz CT molecular complexity index is 461. The van der Waals surface area contributed by atoms with Crippen molar-refractivity contribution in [3.63, 3.8) is 0 Å². The first-order chi connectivity index (χ1) is 7.43. The molecule has 86 valence electrons. The van der Waals surface area contributed by atoms with Crippen LogP contribution in [0, 0.1) is 11.2 Å². The molecular formula is C8H6Cl3FN4. The van der Waals surface area contributed by atoms with E-state index in [-0.39, 0.29) is 21.0 Å². The van der Waals surface area contributed by atoms with Crippen molar-refractivity contribution >= 4 is 47.0 Å². The van der Waals surface area contributed by atoms with Crippen LogP contribution in [0.15, 0.2) is 11.2 Å². The number of guanidine groups is 1. The van der Waals surface area contributed by atoms with Gasteiger partial charge in [0.15, 0.2) is 5.82 Å². The van der Waals surface area contributed by atoms with Gasteiger partial charge in [0, 0.05) is 5.56 Å². The number of nitrogens with one attached hydrogen (secondary N) is 2. The molecule has 0 amide bonds. The lowest BCUT2D eigenvalue weighted by molar-refractivity contribution is 0.628. The molecule has 1 rings (SSSR count). The lowest BCUT2D eigenvalue weighted by Crippen LogP contribution is -2.25. The summed E-state index contributed by atoms with van der Waals surface area (Å²) in [5, 5.41) is 9.94. The summed E-state index contributed by atoms with van der Waals surface area (Å²) >= 11 is 16.9. The third-order valence-electron chi connectivity index (χ3n) is 1.52. The van der Waals surface area contributed by atoms with Crippen LogP contribution in [0.25, 0.3) is 0 Å². The number of nitrogens with two attached hydrogens (primary N) is 1. The van der Waals surface area contributed by atoms with Crippen molar-refractivity contribution in [2.45, 2.75) is 0 Å². The van der Waals surface area contributed by atoms with Crippen LogP contribution in [0.3, 0.4) is 0 Å². The van der Waals surface area contributed by atoms with Crippen LogP contribution in [0.4, 0.5) is 4.39 Å². The Morgan fingerprint density at radius 2 is 2.06 bits per heavy atom. The number of nitrogens with zero attached hydrogens (tertiary/aromatic N) is 1. The van der Waals surface area contributed by atoms with E-state index < -0.39 is 5.82 Å². The highest BCUT2D eigenvalue weighted by Crippen LogP contribution is 2.32. The Morgan fingerprint density at radius 3 is 2.62 bits per heavy atom. The highest BCUT2D eigenvalue weighted by atomic mass is 35.5. The number of benzene rings is 1. The summed E-state index contributed by atoms with van der Waals surface area (Å²) in [4.78, 5) is 0. The molecule has 0 aliphatic rings. The summed E-state index contributed by atoms with van der Waals surface area (Å²) in [7, 11) is 0. The van der Waals surface area contributed by atoms with E-state index in [1.165, 1.54) is 12.3 Å². The molecule has 0 heterocycles. The van der Waals surface area contributed by atoms with Gasteiger partial charge >= 0.3 is 0 Å². The number of hydrazone groups is 1. The first-order valence-electron chi connectivity index (χ1n) is 3.89. The largest absolute Gasteiger partial charge is 0.369 e. The van der Waals surface area contributed by atoms with E-state index in [1.54, 1.807) is 0 Å². The van der Waals surface area contributed by atoms with E-state index in [4.69, 9.17) is 45.9 Å². The van der Waals surface area contributed by atoms with Gasteiger partial charge in [0.1, 0.15) is 0 Å². The Hall–Kier alpha value is -1.04. The monoisotopic (exact) mass is 282 g/mol. The molecule has 0 saturated heterocycles. The molecule has 4 N–H and O–H groups in total. The maximum Gasteiger partial charge on any atom is 0.206 e. The molecular weight excluding hydrogens is 277 g/mol. The molecule has 0 saturated carbocycles. The summed E-state index contributed by atoms with van der Waals surface area (Å²) < 4.78 is 13.2. The number of hydrogen-bond acceptors (Lipinski definition) is 2. The van der Waals surface area contributed by atoms with Crippen LogP contribution < -0.4 is 11.2 Å². The molecule has 16 heavy (non-hydrogen) atoms. The Labute approximate surface area is 106 Å². The van der Waals surface area contributed by atoms with Gasteiger partial charge in [-0.1, -0.05) is 34.8 Å². The van der Waals surface area contributed by atoms with Crippen molar-refractivity contribution in [1.82, 2.24) is 5.43 Å². The van der Waals surface area contributed by atoms with E-state index in [1.807, 2.05) is 0 Å². The summed E-state index contributed by atoms with van der Waals surface area (Å²) in [6.45, 7) is 0. The minimum Gasteiger partial charge on any atom is -0.369 e. The molecule has 0 spiro atoms. The normalized spacial score (nSPS) is 10.8. The van der Waals surface area contributed by atoms with E-state index >= 15 is 0 Å². The van der Waals surface area contributed by atoms with Crippen molar-refractivity contribution in [2.24, 2.45) is 10.8 Å². The zero-order chi connectivity index (χ0) is 12.3. The Morgan fingerprint density at radius 1 is 1.44 bits per heavy atom. The predicted molar refractivity (Wildman–Crippen MR) is 64.1 cm³/mol. The Kier molecular flexibility index (Phi) is 4.35. The lowest BCUT2D eigenvalue weighted by atomic mass is 10.2. The predicted octanol–water partition coefficient (Wildman–Crippen LogP) is 2.60. The number of halogens is 4. The third kappa shape index (κ3) is 2.98. The van der Waals surface area contributed by atoms with Crippen LogP contribution >= 0.6 is 34.8 Å². The molecule has 0 unspecified atom stereocenters. The molecule has 1 aromatic rings. The average molecular weight is 284 g/mol. The molecule has 0 aliphatic heterocycles. The van der Waals surface area contributed by atoms with Crippen LogP contribution in [0.2, 0.25) is 15.1 Å². The number of hydrogen-bond donors (Lipinski definition) is 3. The fourth-order valence-electron chi connectivity index (χ4n) is 0.856. The zero-order valence-corrected chi connectivity index (χ0v) is 9.96. The van der Waals surface area contributed by atoms with Crippen molar-refractivity contribution in [3.8, 4) is 0 Å². The summed E-state index contributed by atoms with van der Waals surface area (Å²) in [6, 6.07) is 1.26. The van der Waals surface area contributed by atoms with Crippen molar-refractivity contribution in [2.75, 3.05) is 0 Å². The second-order valence-electron chi connectivity index (χ2n) is 2.67. The maximum absolute atomic E-state index is 13.2. The minimum atomic E-state index is -0.787. The van der Waals surface area contributed by atoms with Crippen LogP contribution in [-0.4, -0.2) is 12.2 Å². The van der Waals surface area contributed by atoms with E-state index in [0.29, 0.717) is 5.56 Å². The second kappa shape index (κ2) is 5.34. The molecule has 1 aromatic carbocycles. The second-order valence-corrected chi connectivity index (χ2v) is 3.84. The van der Waals surface area contributed by atoms with Gasteiger partial charge in [-0.05, 0) is 6.07 Å². The highest BCUT2D eigenvalue weighted by Gasteiger charge is 2.13. The van der Waals surface area contributed by atoms with E-state index in [0.717, 1.165) is 0 Å². The molecule has 0 radical (unpaired) electrons. The first-order valence-corrected chi connectivity index (χ1v) is 5.03. The van der Waals surface area contributed by atoms with E-state index in [2.05, 4.69) is 10.5 Å². The summed E-state index contributed by atoms with van der Waals surface area (Å²) in [5.74, 6) is -1.13. The smallest absolute Gasteiger partial charge is 0.206 e. The van der Waals surface area contributed by atoms with Gasteiger partial charge in [-0.25, -0.2) is 9.82 Å². The lowest BCUT2D eigenvalue weighted by Gasteiger charge is -2.04. The average Bonchev–Trinajstić information content (AvgIpc) is 2.22. The molecule has 0 bridgehead atoms. The van der Waals surface area contributed by atoms with Crippen LogP contribution in [0.5, 0.6) is 0 Å². The van der Waals surface area contributed by atoms with Crippen molar-refractivity contribution < 1.29 is 4.39 Å². The first kappa shape index (κ1) is 13.0. The van der Waals surface area contributed by atoms with Gasteiger partial charge in [-0.2, -0.15) is 5.10 Å². The standard InChI is InChI=1S/C8H6Cl3FN4/c9-4-1-3(2-15-16-8(13)14)5(10)6(11)7(4)12/h1-2H,(H4,13,14,16)/b15-2+. The minimum absolute atomic E-state index is 0.0160. The quantitative estimate of drug-likeness (QED) is 0.257. The third-order valence-corrected chi connectivity index (χ3v) is 2.65. The highest BCUT2D eigenvalue weighted by molar-refractivity contribution is 6.44. The fraction of sp³-hybridized carbons (Fsp3) is 0. The summed E-state index contributed by atoms with van der Waals surface area (Å²) in [6.07, 6.45) is 1.22. The molecule has 0 aromatic heterocycles. The van der Waals surface area contributed by atoms with Crippen molar-refractivity contribution in [1.29, 1.82) is 5.41 Å². The molecule has 0 fully saturated rings. The fourth-order valence-corrected chi connectivity index (χ4v) is 1.51. The van der Waals surface area contributed by atoms with Gasteiger partial charge in [0.25, 0.3) is 0 Å². The SMILES string of the molecule is N=C(N)N/N=C/c1cc(Cl)c(F)c(Cl)c1Cl.